The monoisotopic (exact) mass is 570 g/mol. The first-order valence-electron chi connectivity index (χ1n) is 15.6. The Labute approximate surface area is 244 Å². The molecule has 3 aliphatic carbocycles. The fourth-order valence-electron chi connectivity index (χ4n) is 8.03. The van der Waals surface area contributed by atoms with Gasteiger partial charge in [-0.25, -0.2) is 14.6 Å². The summed E-state index contributed by atoms with van der Waals surface area (Å²) >= 11 is 0. The van der Waals surface area contributed by atoms with Gasteiger partial charge in [0, 0.05) is 30.4 Å². The lowest BCUT2D eigenvalue weighted by Gasteiger charge is -2.36. The molecule has 8 rings (SSSR count). The van der Waals surface area contributed by atoms with Crippen molar-refractivity contribution >= 4 is 16.8 Å². The number of aliphatic hydroxyl groups excluding tert-OH is 1. The number of likely N-dealkylation sites (tertiary alicyclic amines) is 1. The van der Waals surface area contributed by atoms with Crippen molar-refractivity contribution < 1.29 is 14.4 Å². The number of likely N-dealkylation sites (N-methyl/N-ethyl adjacent to an activating group) is 1. The van der Waals surface area contributed by atoms with Crippen LogP contribution in [-0.4, -0.2) is 76.2 Å². The van der Waals surface area contributed by atoms with Crippen LogP contribution in [0.25, 0.3) is 33.9 Å². The average molecular weight is 571 g/mol. The molecular formula is C31H38N8O3. The molecule has 4 aromatic rings. The van der Waals surface area contributed by atoms with Gasteiger partial charge in [-0.2, -0.15) is 10.2 Å². The van der Waals surface area contributed by atoms with Crippen LogP contribution < -0.4 is 0 Å². The first kappa shape index (κ1) is 26.2. The van der Waals surface area contributed by atoms with Crippen molar-refractivity contribution in [3.63, 3.8) is 0 Å². The molecule has 11 nitrogen and oxygen atoms in total. The maximum absolute atomic E-state index is 13.2. The zero-order valence-electron chi connectivity index (χ0n) is 24.4. The third kappa shape index (κ3) is 3.92. The van der Waals surface area contributed by atoms with Gasteiger partial charge in [-0.05, 0) is 84.4 Å². The van der Waals surface area contributed by atoms with Crippen molar-refractivity contribution in [3.05, 3.63) is 29.8 Å². The van der Waals surface area contributed by atoms with Crippen molar-refractivity contribution in [1.82, 2.24) is 39.6 Å². The first-order chi connectivity index (χ1) is 20.4. The van der Waals surface area contributed by atoms with E-state index in [2.05, 4.69) is 24.0 Å². The predicted octanol–water partition coefficient (Wildman–Crippen LogP) is 4.41. The van der Waals surface area contributed by atoms with Gasteiger partial charge in [-0.15, -0.1) is 0 Å². The minimum Gasteiger partial charge on any atom is -0.393 e. The van der Waals surface area contributed by atoms with E-state index in [0.29, 0.717) is 29.8 Å². The largest absolute Gasteiger partial charge is 0.393 e. The number of carbonyl (C=O) groups excluding carboxylic acids is 1. The highest BCUT2D eigenvalue weighted by Gasteiger charge is 2.48. The van der Waals surface area contributed by atoms with Crippen LogP contribution in [0.2, 0.25) is 0 Å². The molecule has 1 spiro atoms. The average Bonchev–Trinajstić information content (AvgIpc) is 3.78. The summed E-state index contributed by atoms with van der Waals surface area (Å²) in [4.78, 5) is 25.5. The van der Waals surface area contributed by atoms with Crippen molar-refractivity contribution in [2.75, 3.05) is 13.6 Å². The molecule has 0 amide bonds. The molecular weight excluding hydrogens is 532 g/mol. The van der Waals surface area contributed by atoms with Gasteiger partial charge in [0.05, 0.1) is 29.0 Å². The Morgan fingerprint density at radius 2 is 1.95 bits per heavy atom. The Kier molecular flexibility index (Phi) is 6.12. The number of hydrogen-bond acceptors (Lipinski definition) is 9. The molecule has 3 fully saturated rings. The minimum absolute atomic E-state index is 0.0923. The fraction of sp³-hybridized carbons (Fsp3) is 0.613. The van der Waals surface area contributed by atoms with Crippen molar-refractivity contribution in [1.29, 1.82) is 0 Å². The Bertz CT molecular complexity index is 1670. The first-order valence-corrected chi connectivity index (χ1v) is 15.6. The van der Waals surface area contributed by atoms with E-state index >= 15 is 0 Å². The molecule has 0 bridgehead atoms. The van der Waals surface area contributed by atoms with Crippen LogP contribution in [-0.2, 0) is 16.6 Å². The summed E-state index contributed by atoms with van der Waals surface area (Å²) in [7, 11) is 2.18. The highest BCUT2D eigenvalue weighted by molar-refractivity contribution is 5.92. The second-order valence-electron chi connectivity index (χ2n) is 13.0. The smallest absolute Gasteiger partial charge is 0.184 e. The summed E-state index contributed by atoms with van der Waals surface area (Å²) in [5.74, 6) is 1.56. The van der Waals surface area contributed by atoms with Crippen molar-refractivity contribution in [3.8, 4) is 22.9 Å². The zero-order valence-corrected chi connectivity index (χ0v) is 24.4. The van der Waals surface area contributed by atoms with Crippen LogP contribution in [0.4, 0.5) is 0 Å². The van der Waals surface area contributed by atoms with E-state index in [4.69, 9.17) is 24.7 Å². The third-order valence-corrected chi connectivity index (χ3v) is 10.5. The molecule has 4 aliphatic rings. The SMILES string of the molecule is C[C@@H]([C@@H]1CCCN1C)n1nc(-c2ccn(C3CC(O)C3)n2)c2cnc(-c3noc4c3CCC[C@@]43CCCCC3=O)nc21. The molecule has 5 heterocycles. The van der Waals surface area contributed by atoms with Crippen LogP contribution >= 0.6 is 0 Å². The van der Waals surface area contributed by atoms with Gasteiger partial charge in [-0.1, -0.05) is 11.6 Å². The van der Waals surface area contributed by atoms with Gasteiger partial charge in [0.2, 0.25) is 0 Å². The Morgan fingerprint density at radius 1 is 1.10 bits per heavy atom. The predicted molar refractivity (Wildman–Crippen MR) is 155 cm³/mol. The summed E-state index contributed by atoms with van der Waals surface area (Å²) in [5, 5.41) is 25.1. The maximum Gasteiger partial charge on any atom is 0.184 e. The summed E-state index contributed by atoms with van der Waals surface area (Å²) in [6.45, 7) is 3.29. The molecule has 42 heavy (non-hydrogen) atoms. The second-order valence-corrected chi connectivity index (χ2v) is 13.0. The molecule has 0 radical (unpaired) electrons. The van der Waals surface area contributed by atoms with E-state index < -0.39 is 5.41 Å². The summed E-state index contributed by atoms with van der Waals surface area (Å²) in [5.41, 5.74) is 3.40. The molecule has 11 heteroatoms. The number of ketones is 1. The van der Waals surface area contributed by atoms with E-state index in [1.165, 1.54) is 6.42 Å². The van der Waals surface area contributed by atoms with Crippen LogP contribution in [0.3, 0.4) is 0 Å². The van der Waals surface area contributed by atoms with E-state index in [1.54, 1.807) is 0 Å². The summed E-state index contributed by atoms with van der Waals surface area (Å²) in [6.07, 6.45) is 13.3. The molecule has 0 aromatic carbocycles. The molecule has 1 aliphatic heterocycles. The molecule has 0 unspecified atom stereocenters. The minimum atomic E-state index is -0.535. The zero-order chi connectivity index (χ0) is 28.6. The lowest BCUT2D eigenvalue weighted by Crippen LogP contribution is -2.41. The quantitative estimate of drug-likeness (QED) is 0.371. The third-order valence-electron chi connectivity index (χ3n) is 10.5. The van der Waals surface area contributed by atoms with Crippen molar-refractivity contribution in [2.45, 2.75) is 107 Å². The van der Waals surface area contributed by atoms with Crippen LogP contribution in [0, 0.1) is 0 Å². The van der Waals surface area contributed by atoms with E-state index in [1.807, 2.05) is 27.8 Å². The number of aromatic nitrogens is 7. The standard InChI is InChI=1S/C31H38N8O3/c1-18(24-8-6-13-37(24)2)39-30-22(26(35-39)23-10-14-38(34-23)19-15-20(40)16-19)17-32-29(33-30)27-21-7-5-12-31(28(21)42-36-27)11-4-3-9-25(31)41/h10,14,17-20,24,40H,3-9,11-13,15-16H2,1-2H3/t18-,19?,20?,24-,31+/m0/s1. The molecule has 220 valence electrons. The Morgan fingerprint density at radius 3 is 2.74 bits per heavy atom. The Balaban J connectivity index is 1.23. The molecule has 4 aromatic heterocycles. The number of Topliss-reactive ketones (excluding diaryl/α,β-unsaturated/α-hetero) is 1. The van der Waals surface area contributed by atoms with Crippen molar-refractivity contribution in [2.24, 2.45) is 0 Å². The summed E-state index contributed by atoms with van der Waals surface area (Å²) < 4.78 is 10.00. The fourth-order valence-corrected chi connectivity index (χ4v) is 8.03. The lowest BCUT2D eigenvalue weighted by molar-refractivity contribution is -0.128. The maximum atomic E-state index is 13.2. The second kappa shape index (κ2) is 9.80. The molecule has 1 saturated heterocycles. The van der Waals surface area contributed by atoms with Gasteiger partial charge in [-0.3, -0.25) is 9.48 Å². The number of carbonyl (C=O) groups is 1. The number of hydrogen-bond donors (Lipinski definition) is 1. The van der Waals surface area contributed by atoms with Gasteiger partial charge >= 0.3 is 0 Å². The summed E-state index contributed by atoms with van der Waals surface area (Å²) in [6, 6.07) is 2.65. The number of nitrogens with zero attached hydrogens (tertiary/aromatic N) is 8. The number of rotatable bonds is 5. The molecule has 1 N–H and O–H groups in total. The molecule has 3 atom stereocenters. The number of fused-ring (bicyclic) bond motifs is 3. The van der Waals surface area contributed by atoms with Gasteiger partial charge in [0.15, 0.2) is 22.9 Å². The van der Waals surface area contributed by atoms with Gasteiger partial charge in [0.25, 0.3) is 0 Å². The van der Waals surface area contributed by atoms with Gasteiger partial charge in [0.1, 0.15) is 17.2 Å². The normalized spacial score (nSPS) is 28.8. The van der Waals surface area contributed by atoms with E-state index in [-0.39, 0.29) is 18.2 Å². The Hall–Kier alpha value is -3.44. The van der Waals surface area contributed by atoms with Crippen LogP contribution in [0.15, 0.2) is 23.0 Å². The van der Waals surface area contributed by atoms with Crippen LogP contribution in [0.1, 0.15) is 94.5 Å². The van der Waals surface area contributed by atoms with E-state index in [0.717, 1.165) is 98.1 Å². The molecule has 2 saturated carbocycles. The van der Waals surface area contributed by atoms with E-state index in [9.17, 15) is 9.90 Å². The van der Waals surface area contributed by atoms with Gasteiger partial charge < -0.3 is 14.5 Å². The topological polar surface area (TPSA) is 128 Å². The lowest BCUT2D eigenvalue weighted by atomic mass is 9.64. The van der Waals surface area contributed by atoms with Crippen LogP contribution in [0.5, 0.6) is 0 Å². The number of aliphatic hydroxyl groups is 1. The highest BCUT2D eigenvalue weighted by Crippen LogP contribution is 2.47. The highest BCUT2D eigenvalue weighted by atomic mass is 16.5.